The Kier molecular flexibility index (Phi) is 7.14. The molecule has 0 saturated carbocycles. The van der Waals surface area contributed by atoms with Gasteiger partial charge in [-0.2, -0.15) is 5.26 Å². The Labute approximate surface area is 167 Å². The number of hydrogen-bond donors (Lipinski definition) is 1. The zero-order valence-corrected chi connectivity index (χ0v) is 16.1. The lowest BCUT2D eigenvalue weighted by atomic mass is 10.1. The van der Waals surface area contributed by atoms with Crippen LogP contribution in [0.4, 0.5) is 11.4 Å². The van der Waals surface area contributed by atoms with E-state index in [-0.39, 0.29) is 28.3 Å². The van der Waals surface area contributed by atoms with E-state index in [0.717, 1.165) is 6.08 Å². The number of nitriles is 1. The lowest BCUT2D eigenvalue weighted by molar-refractivity contribution is -0.385. The van der Waals surface area contributed by atoms with Crippen LogP contribution in [0.3, 0.4) is 0 Å². The average Bonchev–Trinajstić information content (AvgIpc) is 2.72. The van der Waals surface area contributed by atoms with Crippen molar-refractivity contribution in [3.05, 3.63) is 57.6 Å². The molecule has 1 amide bonds. The molecule has 0 aliphatic rings. The van der Waals surface area contributed by atoms with E-state index >= 15 is 0 Å². The minimum atomic E-state index is -0.708. The van der Waals surface area contributed by atoms with Crippen LogP contribution in [-0.4, -0.2) is 31.7 Å². The van der Waals surface area contributed by atoms with Crippen LogP contribution in [0, 0.1) is 21.4 Å². The third-order valence-corrected chi connectivity index (χ3v) is 3.82. The predicted octanol–water partition coefficient (Wildman–Crippen LogP) is 3.56. The largest absolute Gasteiger partial charge is 0.494 e. The Morgan fingerprint density at radius 3 is 2.34 bits per heavy atom. The molecule has 0 spiro atoms. The van der Waals surface area contributed by atoms with Gasteiger partial charge in [0.2, 0.25) is 0 Å². The summed E-state index contributed by atoms with van der Waals surface area (Å²) in [5.41, 5.74) is -0.161. The van der Waals surface area contributed by atoms with E-state index in [1.165, 1.54) is 26.4 Å². The maximum atomic E-state index is 12.5. The van der Waals surface area contributed by atoms with Gasteiger partial charge in [-0.3, -0.25) is 14.9 Å². The number of ether oxygens (including phenoxy) is 3. The second-order valence-corrected chi connectivity index (χ2v) is 5.60. The summed E-state index contributed by atoms with van der Waals surface area (Å²) in [6.45, 7) is 2.37. The van der Waals surface area contributed by atoms with E-state index in [0.29, 0.717) is 18.0 Å². The minimum Gasteiger partial charge on any atom is -0.494 e. The van der Waals surface area contributed by atoms with Gasteiger partial charge in [-0.05, 0) is 43.3 Å². The molecule has 0 unspecified atom stereocenters. The first-order valence-corrected chi connectivity index (χ1v) is 8.49. The van der Waals surface area contributed by atoms with E-state index < -0.39 is 10.8 Å². The van der Waals surface area contributed by atoms with E-state index in [9.17, 15) is 20.2 Å². The molecule has 150 valence electrons. The summed E-state index contributed by atoms with van der Waals surface area (Å²) in [5, 5.41) is 23.3. The number of carbonyl (C=O) groups excluding carboxylic acids is 1. The fraction of sp³-hybridized carbons (Fsp3) is 0.200. The van der Waals surface area contributed by atoms with Crippen LogP contribution >= 0.6 is 0 Å². The highest BCUT2D eigenvalue weighted by atomic mass is 16.6. The van der Waals surface area contributed by atoms with Gasteiger partial charge in [0.15, 0.2) is 11.5 Å². The summed E-state index contributed by atoms with van der Waals surface area (Å²) >= 11 is 0. The maximum absolute atomic E-state index is 12.5. The zero-order valence-electron chi connectivity index (χ0n) is 16.1. The quantitative estimate of drug-likeness (QED) is 0.312. The lowest BCUT2D eigenvalue weighted by Gasteiger charge is -2.09. The molecule has 0 atom stereocenters. The molecule has 2 aromatic rings. The Morgan fingerprint density at radius 2 is 1.83 bits per heavy atom. The molecule has 1 N–H and O–H groups in total. The molecule has 0 fully saturated rings. The first-order valence-electron chi connectivity index (χ1n) is 8.49. The van der Waals surface area contributed by atoms with Gasteiger partial charge < -0.3 is 19.5 Å². The lowest BCUT2D eigenvalue weighted by Crippen LogP contribution is -2.13. The smallest absolute Gasteiger partial charge is 0.280 e. The minimum absolute atomic E-state index is 0.0334. The molecule has 0 saturated heterocycles. The van der Waals surface area contributed by atoms with Gasteiger partial charge in [-0.1, -0.05) is 0 Å². The van der Waals surface area contributed by atoms with E-state index in [1.807, 2.05) is 6.92 Å². The zero-order chi connectivity index (χ0) is 21.4. The van der Waals surface area contributed by atoms with E-state index in [2.05, 4.69) is 5.32 Å². The van der Waals surface area contributed by atoms with Crippen molar-refractivity contribution in [2.75, 3.05) is 26.1 Å². The molecule has 0 aliphatic heterocycles. The molecular weight excluding hydrogens is 378 g/mol. The number of carbonyl (C=O) groups is 1. The fourth-order valence-corrected chi connectivity index (χ4v) is 2.46. The average molecular weight is 397 g/mol. The normalized spacial score (nSPS) is 10.6. The van der Waals surface area contributed by atoms with Gasteiger partial charge >= 0.3 is 0 Å². The van der Waals surface area contributed by atoms with Crippen molar-refractivity contribution >= 4 is 23.4 Å². The maximum Gasteiger partial charge on any atom is 0.280 e. The molecule has 2 rings (SSSR count). The molecule has 0 radical (unpaired) electrons. The SMILES string of the molecule is CCOc1ccc(NC(=O)/C(C#N)=C\c2cc(OC)c(OC)cc2[N+](=O)[O-])cc1. The van der Waals surface area contributed by atoms with Crippen molar-refractivity contribution in [3.63, 3.8) is 0 Å². The van der Waals surface area contributed by atoms with Crippen LogP contribution in [0.5, 0.6) is 17.2 Å². The fourth-order valence-electron chi connectivity index (χ4n) is 2.46. The van der Waals surface area contributed by atoms with Crippen molar-refractivity contribution in [3.8, 4) is 23.3 Å². The van der Waals surface area contributed by atoms with Gasteiger partial charge in [0.1, 0.15) is 17.4 Å². The molecule has 0 aliphatic carbocycles. The molecular formula is C20H19N3O6. The Hall–Kier alpha value is -4.06. The number of nitrogens with one attached hydrogen (secondary N) is 1. The van der Waals surface area contributed by atoms with Crippen LogP contribution in [0.15, 0.2) is 42.0 Å². The molecule has 2 aromatic carbocycles. The second kappa shape index (κ2) is 9.75. The van der Waals surface area contributed by atoms with Gasteiger partial charge in [0.05, 0.1) is 37.4 Å². The number of amides is 1. The van der Waals surface area contributed by atoms with Crippen LogP contribution in [0.2, 0.25) is 0 Å². The first-order chi connectivity index (χ1) is 13.9. The van der Waals surface area contributed by atoms with Crippen molar-refractivity contribution in [1.29, 1.82) is 5.26 Å². The first kappa shape index (κ1) is 21.2. The monoisotopic (exact) mass is 397 g/mol. The van der Waals surface area contributed by atoms with Crippen LogP contribution in [0.25, 0.3) is 6.08 Å². The third-order valence-electron chi connectivity index (χ3n) is 3.82. The third kappa shape index (κ3) is 5.23. The van der Waals surface area contributed by atoms with Crippen LogP contribution in [-0.2, 0) is 4.79 Å². The predicted molar refractivity (Wildman–Crippen MR) is 106 cm³/mol. The molecule has 9 heteroatoms. The molecule has 0 aromatic heterocycles. The summed E-state index contributed by atoms with van der Waals surface area (Å²) in [4.78, 5) is 23.2. The van der Waals surface area contributed by atoms with E-state index in [1.54, 1.807) is 30.3 Å². The summed E-state index contributed by atoms with van der Waals surface area (Å²) in [7, 11) is 2.73. The highest BCUT2D eigenvalue weighted by Crippen LogP contribution is 2.35. The standard InChI is InChI=1S/C20H19N3O6/c1-4-29-16-7-5-15(6-8-16)22-20(24)14(12-21)9-13-10-18(27-2)19(28-3)11-17(13)23(25)26/h5-11H,4H2,1-3H3,(H,22,24)/b14-9-. The molecule has 0 heterocycles. The highest BCUT2D eigenvalue weighted by Gasteiger charge is 2.20. The van der Waals surface area contributed by atoms with Gasteiger partial charge in [0, 0.05) is 5.69 Å². The summed E-state index contributed by atoms with van der Waals surface area (Å²) in [6.07, 6.45) is 1.13. The van der Waals surface area contributed by atoms with Crippen molar-refractivity contribution in [2.24, 2.45) is 0 Å². The summed E-state index contributed by atoms with van der Waals surface area (Å²) in [5.74, 6) is 0.325. The van der Waals surface area contributed by atoms with Crippen LogP contribution in [0.1, 0.15) is 12.5 Å². The summed E-state index contributed by atoms with van der Waals surface area (Å²) in [6, 6.07) is 10.9. The highest BCUT2D eigenvalue weighted by molar-refractivity contribution is 6.10. The Balaban J connectivity index is 2.36. The summed E-state index contributed by atoms with van der Waals surface area (Å²) < 4.78 is 15.5. The molecule has 9 nitrogen and oxygen atoms in total. The number of rotatable bonds is 8. The number of hydrogen-bond acceptors (Lipinski definition) is 7. The number of methoxy groups -OCH3 is 2. The van der Waals surface area contributed by atoms with Gasteiger partial charge in [-0.15, -0.1) is 0 Å². The second-order valence-electron chi connectivity index (χ2n) is 5.60. The molecule has 0 bridgehead atoms. The van der Waals surface area contributed by atoms with Crippen molar-refractivity contribution < 1.29 is 23.9 Å². The Morgan fingerprint density at radius 1 is 1.21 bits per heavy atom. The Bertz CT molecular complexity index is 977. The van der Waals surface area contributed by atoms with Crippen LogP contribution < -0.4 is 19.5 Å². The van der Waals surface area contributed by atoms with Gasteiger partial charge in [-0.25, -0.2) is 0 Å². The number of nitrogens with zero attached hydrogens (tertiary/aromatic N) is 2. The van der Waals surface area contributed by atoms with Crippen molar-refractivity contribution in [1.82, 2.24) is 0 Å². The van der Waals surface area contributed by atoms with Gasteiger partial charge in [0.25, 0.3) is 11.6 Å². The number of anilines is 1. The van der Waals surface area contributed by atoms with E-state index in [4.69, 9.17) is 14.2 Å². The number of nitro benzene ring substituents is 1. The number of benzene rings is 2. The topological polar surface area (TPSA) is 124 Å². The number of nitro groups is 1. The van der Waals surface area contributed by atoms with Crippen molar-refractivity contribution in [2.45, 2.75) is 6.92 Å². The molecule has 29 heavy (non-hydrogen) atoms.